The molecule has 2 nitrogen and oxygen atoms in total. The minimum atomic E-state index is 0.157. The van der Waals surface area contributed by atoms with Crippen molar-refractivity contribution in [1.29, 1.82) is 0 Å². The topological polar surface area (TPSA) is 20.3 Å². The lowest BCUT2D eigenvalue weighted by Crippen LogP contribution is -2.41. The van der Waals surface area contributed by atoms with E-state index in [1.807, 2.05) is 18.3 Å². The van der Waals surface area contributed by atoms with E-state index >= 15 is 0 Å². The van der Waals surface area contributed by atoms with Crippen LogP contribution in [0.2, 0.25) is 0 Å². The highest BCUT2D eigenvalue weighted by molar-refractivity contribution is 7.10. The minimum Gasteiger partial charge on any atom is -0.335 e. The van der Waals surface area contributed by atoms with Crippen LogP contribution < -0.4 is 0 Å². The summed E-state index contributed by atoms with van der Waals surface area (Å²) in [5.74, 6) is 0.487. The van der Waals surface area contributed by atoms with E-state index in [0.717, 1.165) is 25.8 Å². The molecule has 0 spiro atoms. The molecule has 0 aliphatic carbocycles. The van der Waals surface area contributed by atoms with Crippen LogP contribution in [0.1, 0.15) is 50.1 Å². The quantitative estimate of drug-likeness (QED) is 0.803. The zero-order valence-electron chi connectivity index (χ0n) is 10.9. The van der Waals surface area contributed by atoms with E-state index in [9.17, 15) is 4.79 Å². The average Bonchev–Trinajstić information content (AvgIpc) is 2.83. The van der Waals surface area contributed by atoms with Crippen molar-refractivity contribution in [3.8, 4) is 0 Å². The van der Waals surface area contributed by atoms with Crippen molar-refractivity contribution < 1.29 is 4.79 Å². The van der Waals surface area contributed by atoms with Crippen LogP contribution in [0.3, 0.4) is 0 Å². The summed E-state index contributed by atoms with van der Waals surface area (Å²) in [6.45, 7) is 7.20. The number of fused-ring (bicyclic) bond motifs is 1. The van der Waals surface area contributed by atoms with Crippen LogP contribution in [0.4, 0.5) is 0 Å². The molecular formula is C14H21NOS. The van der Waals surface area contributed by atoms with Gasteiger partial charge in [0.1, 0.15) is 0 Å². The third kappa shape index (κ3) is 2.25. The summed E-state index contributed by atoms with van der Waals surface area (Å²) in [5.41, 5.74) is 1.39. The van der Waals surface area contributed by atoms with Gasteiger partial charge in [-0.25, -0.2) is 0 Å². The lowest BCUT2D eigenvalue weighted by atomic mass is 9.95. The van der Waals surface area contributed by atoms with E-state index in [-0.39, 0.29) is 5.92 Å². The second-order valence-electron chi connectivity index (χ2n) is 4.81. The molecule has 0 aromatic carbocycles. The maximum absolute atomic E-state index is 12.4. The van der Waals surface area contributed by atoms with Crippen molar-refractivity contribution in [3.05, 3.63) is 21.9 Å². The van der Waals surface area contributed by atoms with Crippen LogP contribution >= 0.6 is 11.3 Å². The number of amides is 1. The molecule has 0 unspecified atom stereocenters. The second-order valence-corrected chi connectivity index (χ2v) is 5.81. The van der Waals surface area contributed by atoms with Crippen molar-refractivity contribution in [1.82, 2.24) is 4.90 Å². The highest BCUT2D eigenvalue weighted by Gasteiger charge is 2.31. The Labute approximate surface area is 108 Å². The van der Waals surface area contributed by atoms with Crippen LogP contribution in [0.25, 0.3) is 0 Å². The Morgan fingerprint density at radius 2 is 2.35 bits per heavy atom. The largest absolute Gasteiger partial charge is 0.335 e. The normalized spacial score (nSPS) is 21.1. The predicted octanol–water partition coefficient (Wildman–Crippen LogP) is 3.63. The van der Waals surface area contributed by atoms with Gasteiger partial charge in [-0.15, -0.1) is 11.3 Å². The number of hydrogen-bond acceptors (Lipinski definition) is 2. The molecule has 1 aromatic rings. The van der Waals surface area contributed by atoms with E-state index < -0.39 is 0 Å². The van der Waals surface area contributed by atoms with Gasteiger partial charge in [0.15, 0.2) is 0 Å². The first-order valence-corrected chi connectivity index (χ1v) is 7.43. The summed E-state index contributed by atoms with van der Waals surface area (Å²) in [5, 5.41) is 2.16. The highest BCUT2D eigenvalue weighted by atomic mass is 32.1. The first kappa shape index (κ1) is 12.6. The van der Waals surface area contributed by atoms with Gasteiger partial charge < -0.3 is 4.90 Å². The molecule has 1 amide bonds. The molecule has 2 atom stereocenters. The zero-order valence-corrected chi connectivity index (χ0v) is 11.7. The fraction of sp³-hybridized carbons (Fsp3) is 0.643. The number of carbonyl (C=O) groups is 1. The standard InChI is InChI=1S/C14H21NOS/c1-4-10(3)14(16)15-8-6-13-11(7-9-17-13)12(15)5-2/h7,9-10,12H,4-6,8H2,1-3H3/t10-,12-/m1/s1. The van der Waals surface area contributed by atoms with Gasteiger partial charge in [0.05, 0.1) is 6.04 Å². The Kier molecular flexibility index (Phi) is 3.87. The van der Waals surface area contributed by atoms with Crippen LogP contribution in [-0.2, 0) is 11.2 Å². The Hall–Kier alpha value is -0.830. The Balaban J connectivity index is 2.23. The van der Waals surface area contributed by atoms with E-state index in [0.29, 0.717) is 11.9 Å². The van der Waals surface area contributed by atoms with Gasteiger partial charge in [-0.1, -0.05) is 20.8 Å². The van der Waals surface area contributed by atoms with E-state index in [4.69, 9.17) is 0 Å². The molecule has 1 aliphatic heterocycles. The molecular weight excluding hydrogens is 230 g/mol. The zero-order chi connectivity index (χ0) is 12.4. The molecule has 0 radical (unpaired) electrons. The maximum Gasteiger partial charge on any atom is 0.225 e. The fourth-order valence-corrected chi connectivity index (χ4v) is 3.49. The van der Waals surface area contributed by atoms with Crippen LogP contribution in [-0.4, -0.2) is 17.4 Å². The summed E-state index contributed by atoms with van der Waals surface area (Å²) < 4.78 is 0. The van der Waals surface area contributed by atoms with Crippen molar-refractivity contribution in [3.63, 3.8) is 0 Å². The summed E-state index contributed by atoms with van der Waals surface area (Å²) >= 11 is 1.83. The van der Waals surface area contributed by atoms with Gasteiger partial charge in [-0.2, -0.15) is 0 Å². The number of nitrogens with zero attached hydrogens (tertiary/aromatic N) is 1. The van der Waals surface area contributed by atoms with Crippen molar-refractivity contribution in [2.45, 2.75) is 46.1 Å². The summed E-state index contributed by atoms with van der Waals surface area (Å²) in [4.78, 5) is 15.9. The van der Waals surface area contributed by atoms with Crippen molar-refractivity contribution >= 4 is 17.2 Å². The van der Waals surface area contributed by atoms with Crippen LogP contribution in [0.15, 0.2) is 11.4 Å². The molecule has 0 N–H and O–H groups in total. The van der Waals surface area contributed by atoms with Crippen LogP contribution in [0, 0.1) is 5.92 Å². The Morgan fingerprint density at radius 1 is 1.59 bits per heavy atom. The van der Waals surface area contributed by atoms with Gasteiger partial charge in [-0.05, 0) is 36.3 Å². The Morgan fingerprint density at radius 3 is 3.00 bits per heavy atom. The molecule has 1 aromatic heterocycles. The van der Waals surface area contributed by atoms with Crippen molar-refractivity contribution in [2.75, 3.05) is 6.54 Å². The second kappa shape index (κ2) is 5.21. The number of carbonyl (C=O) groups excluding carboxylic acids is 1. The molecule has 3 heteroatoms. The summed E-state index contributed by atoms with van der Waals surface area (Å²) in [6, 6.07) is 2.51. The molecule has 0 bridgehead atoms. The van der Waals surface area contributed by atoms with Gasteiger partial charge in [0, 0.05) is 17.3 Å². The number of rotatable bonds is 3. The first-order chi connectivity index (χ1) is 8.19. The SMILES string of the molecule is CC[C@@H](C)C(=O)N1CCc2sccc2[C@H]1CC. The summed E-state index contributed by atoms with van der Waals surface area (Å²) in [7, 11) is 0. The first-order valence-electron chi connectivity index (χ1n) is 6.55. The molecule has 0 saturated carbocycles. The van der Waals surface area contributed by atoms with Gasteiger partial charge >= 0.3 is 0 Å². The van der Waals surface area contributed by atoms with Gasteiger partial charge in [0.2, 0.25) is 5.91 Å². The highest BCUT2D eigenvalue weighted by Crippen LogP contribution is 2.36. The average molecular weight is 251 g/mol. The Bertz CT molecular complexity index is 399. The van der Waals surface area contributed by atoms with Gasteiger partial charge in [-0.3, -0.25) is 4.79 Å². The number of thiophene rings is 1. The minimum absolute atomic E-state index is 0.157. The van der Waals surface area contributed by atoms with Crippen LogP contribution in [0.5, 0.6) is 0 Å². The van der Waals surface area contributed by atoms with E-state index in [2.05, 4.69) is 30.2 Å². The molecule has 0 saturated heterocycles. The van der Waals surface area contributed by atoms with Gasteiger partial charge in [0.25, 0.3) is 0 Å². The third-order valence-electron chi connectivity index (χ3n) is 3.80. The monoisotopic (exact) mass is 251 g/mol. The maximum atomic E-state index is 12.4. The molecule has 17 heavy (non-hydrogen) atoms. The van der Waals surface area contributed by atoms with Crippen molar-refractivity contribution in [2.24, 2.45) is 5.92 Å². The molecule has 0 fully saturated rings. The number of hydrogen-bond donors (Lipinski definition) is 0. The lowest BCUT2D eigenvalue weighted by molar-refractivity contribution is -0.138. The molecule has 1 aliphatic rings. The third-order valence-corrected chi connectivity index (χ3v) is 4.80. The smallest absolute Gasteiger partial charge is 0.225 e. The summed E-state index contributed by atoms with van der Waals surface area (Å²) in [6.07, 6.45) is 2.99. The van der Waals surface area contributed by atoms with E-state index in [1.165, 1.54) is 10.4 Å². The fourth-order valence-electron chi connectivity index (χ4n) is 2.56. The van der Waals surface area contributed by atoms with E-state index in [1.54, 1.807) is 0 Å². The molecule has 2 rings (SSSR count). The lowest BCUT2D eigenvalue weighted by Gasteiger charge is -2.37. The predicted molar refractivity (Wildman–Crippen MR) is 72.2 cm³/mol. The molecule has 2 heterocycles. The molecule has 94 valence electrons.